The largest absolute Gasteiger partial charge is 0.469 e. The quantitative estimate of drug-likeness (QED) is 0.0216. The zero-order chi connectivity index (χ0) is 59.9. The van der Waals surface area contributed by atoms with E-state index in [1.165, 1.54) is 176 Å². The van der Waals surface area contributed by atoms with E-state index in [1.54, 1.807) is 0 Å². The number of methoxy groups -OCH3 is 1. The fourth-order valence-electron chi connectivity index (χ4n) is 10.6. The SMILES string of the molecule is CCCCCCCCCCCCCCC(CCCCCCCCCCCCCC)C(=O)O[C@H]1O[C@H](COC(=O)CCCCCCCCCCCCC)[C@@H](O)[C@@H](OC(C)C(=O)N[C@@H](C)C(=O)N[C@H](CCC(=O)OC)C(N)=O)[C@H]1NC(C)=O. The Morgan fingerprint density at radius 3 is 1.37 bits per heavy atom. The highest BCUT2D eigenvalue weighted by molar-refractivity contribution is 5.92. The molecule has 1 aliphatic heterocycles. The normalized spacial score (nSPS) is 18.2. The predicted molar refractivity (Wildman–Crippen MR) is 320 cm³/mol. The van der Waals surface area contributed by atoms with Crippen molar-refractivity contribution in [2.24, 2.45) is 11.7 Å². The molecule has 17 heteroatoms. The van der Waals surface area contributed by atoms with E-state index in [4.69, 9.17) is 24.7 Å². The van der Waals surface area contributed by atoms with Gasteiger partial charge in [0.2, 0.25) is 29.9 Å². The maximum atomic E-state index is 14.5. The summed E-state index contributed by atoms with van der Waals surface area (Å²) >= 11 is 0. The van der Waals surface area contributed by atoms with Crippen LogP contribution in [0.3, 0.4) is 0 Å². The number of amides is 4. The summed E-state index contributed by atoms with van der Waals surface area (Å²) in [6, 6.07) is -3.76. The molecule has 0 aromatic rings. The number of nitrogens with one attached hydrogen (secondary N) is 3. The number of carbonyl (C=O) groups is 7. The van der Waals surface area contributed by atoms with Crippen molar-refractivity contribution in [3.05, 3.63) is 0 Å². The van der Waals surface area contributed by atoms with Crippen LogP contribution in [0.2, 0.25) is 0 Å². The van der Waals surface area contributed by atoms with Gasteiger partial charge in [0.05, 0.1) is 13.0 Å². The second-order valence-electron chi connectivity index (χ2n) is 23.3. The van der Waals surface area contributed by atoms with Gasteiger partial charge in [0.25, 0.3) is 0 Å². The molecule has 4 amide bonds. The van der Waals surface area contributed by atoms with Crippen molar-refractivity contribution in [2.45, 2.75) is 347 Å². The number of esters is 3. The number of carbonyl (C=O) groups excluding carboxylic acids is 7. The molecule has 0 aromatic heterocycles. The van der Waals surface area contributed by atoms with E-state index in [9.17, 15) is 38.7 Å². The lowest BCUT2D eigenvalue weighted by molar-refractivity contribution is -0.276. The number of aliphatic hydroxyl groups is 1. The average Bonchev–Trinajstić information content (AvgIpc) is 3.52. The van der Waals surface area contributed by atoms with Crippen LogP contribution in [0.1, 0.15) is 298 Å². The summed E-state index contributed by atoms with van der Waals surface area (Å²) in [4.78, 5) is 91.3. The molecule has 1 unspecified atom stereocenters. The molecule has 81 heavy (non-hydrogen) atoms. The highest BCUT2D eigenvalue weighted by Crippen LogP contribution is 2.29. The number of hydrogen-bond acceptors (Lipinski definition) is 13. The van der Waals surface area contributed by atoms with E-state index >= 15 is 0 Å². The van der Waals surface area contributed by atoms with Crippen molar-refractivity contribution < 1.29 is 62.4 Å². The number of aliphatic hydroxyl groups excluding tert-OH is 1. The van der Waals surface area contributed by atoms with Crippen LogP contribution in [0.15, 0.2) is 0 Å². The second-order valence-corrected chi connectivity index (χ2v) is 23.3. The number of ether oxygens (including phenoxy) is 5. The molecular weight excluding hydrogens is 1030 g/mol. The van der Waals surface area contributed by atoms with Gasteiger partial charge in [-0.2, -0.15) is 0 Å². The first-order valence-corrected chi connectivity index (χ1v) is 32.7. The minimum Gasteiger partial charge on any atom is -0.469 e. The van der Waals surface area contributed by atoms with Crippen LogP contribution in [0, 0.1) is 5.92 Å². The summed E-state index contributed by atoms with van der Waals surface area (Å²) in [5.74, 6) is -5.04. The molecule has 0 radical (unpaired) electrons. The van der Waals surface area contributed by atoms with E-state index in [0.717, 1.165) is 70.6 Å². The van der Waals surface area contributed by atoms with Gasteiger partial charge in [-0.1, -0.05) is 239 Å². The maximum absolute atomic E-state index is 14.5. The number of primary amides is 1. The number of hydrogen-bond donors (Lipinski definition) is 5. The Labute approximate surface area is 490 Å². The van der Waals surface area contributed by atoms with Gasteiger partial charge in [0, 0.05) is 19.8 Å². The topological polar surface area (TPSA) is 248 Å². The van der Waals surface area contributed by atoms with Gasteiger partial charge >= 0.3 is 17.9 Å². The zero-order valence-corrected chi connectivity index (χ0v) is 52.1. The Hall–Kier alpha value is -3.83. The van der Waals surface area contributed by atoms with Crippen LogP contribution in [0.5, 0.6) is 0 Å². The van der Waals surface area contributed by atoms with Gasteiger partial charge in [-0.05, 0) is 39.5 Å². The first-order chi connectivity index (χ1) is 39.1. The molecule has 1 aliphatic rings. The Morgan fingerprint density at radius 1 is 0.543 bits per heavy atom. The minimum atomic E-state index is -1.61. The van der Waals surface area contributed by atoms with Gasteiger partial charge in [-0.15, -0.1) is 0 Å². The molecule has 8 atom stereocenters. The van der Waals surface area contributed by atoms with Crippen molar-refractivity contribution in [2.75, 3.05) is 13.7 Å². The lowest BCUT2D eigenvalue weighted by Gasteiger charge is -2.44. The van der Waals surface area contributed by atoms with E-state index < -0.39 is 103 Å². The van der Waals surface area contributed by atoms with Gasteiger partial charge < -0.3 is 50.5 Å². The van der Waals surface area contributed by atoms with Gasteiger partial charge in [-0.3, -0.25) is 33.6 Å². The van der Waals surface area contributed by atoms with Crippen molar-refractivity contribution in [3.8, 4) is 0 Å². The zero-order valence-electron chi connectivity index (χ0n) is 52.1. The molecule has 0 aromatic carbocycles. The fourth-order valence-corrected chi connectivity index (χ4v) is 10.6. The van der Waals surface area contributed by atoms with Crippen LogP contribution in [0.25, 0.3) is 0 Å². The molecule has 1 saturated heterocycles. The molecule has 17 nitrogen and oxygen atoms in total. The molecule has 1 heterocycles. The molecule has 6 N–H and O–H groups in total. The third kappa shape index (κ3) is 37.9. The molecular formula is C64H118N4O13. The van der Waals surface area contributed by atoms with Crippen molar-refractivity contribution in [3.63, 3.8) is 0 Å². The lowest BCUT2D eigenvalue weighted by atomic mass is 9.93. The van der Waals surface area contributed by atoms with Gasteiger partial charge in [0.1, 0.15) is 49.1 Å². The predicted octanol–water partition coefficient (Wildman–Crippen LogP) is 12.4. The third-order valence-corrected chi connectivity index (χ3v) is 15.8. The van der Waals surface area contributed by atoms with E-state index in [1.807, 2.05) is 0 Å². The van der Waals surface area contributed by atoms with Crippen LogP contribution >= 0.6 is 0 Å². The molecule has 0 spiro atoms. The maximum Gasteiger partial charge on any atom is 0.311 e. The molecule has 0 bridgehead atoms. The molecule has 1 rings (SSSR count). The lowest BCUT2D eigenvalue weighted by Crippen LogP contribution is -2.66. The Bertz CT molecular complexity index is 1640. The molecule has 0 saturated carbocycles. The summed E-state index contributed by atoms with van der Waals surface area (Å²) in [7, 11) is 1.19. The van der Waals surface area contributed by atoms with Crippen LogP contribution in [-0.2, 0) is 57.2 Å². The van der Waals surface area contributed by atoms with Crippen molar-refractivity contribution in [1.82, 2.24) is 16.0 Å². The first-order valence-electron chi connectivity index (χ1n) is 32.7. The van der Waals surface area contributed by atoms with Gasteiger partial charge in [0.15, 0.2) is 0 Å². The van der Waals surface area contributed by atoms with Crippen LogP contribution in [-0.4, -0.2) is 109 Å². The van der Waals surface area contributed by atoms with Crippen LogP contribution < -0.4 is 21.7 Å². The highest BCUT2D eigenvalue weighted by atomic mass is 16.7. The number of unbranched alkanes of at least 4 members (excludes halogenated alkanes) is 32. The minimum absolute atomic E-state index is 0.124. The van der Waals surface area contributed by atoms with Crippen LogP contribution in [0.4, 0.5) is 0 Å². The van der Waals surface area contributed by atoms with E-state index in [-0.39, 0.29) is 19.3 Å². The third-order valence-electron chi connectivity index (χ3n) is 15.8. The first kappa shape index (κ1) is 75.2. The second kappa shape index (κ2) is 49.6. The molecule has 1 fully saturated rings. The smallest absolute Gasteiger partial charge is 0.311 e. The summed E-state index contributed by atoms with van der Waals surface area (Å²) < 4.78 is 29.1. The standard InChI is InChI=1S/C64H118N4O13/c1-8-11-14-17-20-23-26-29-31-34-37-40-43-52(44-41-38-35-32-30-27-24-21-18-15-12-9-2)63(76)81-64-57(67-51(6)69)59(79-50(5)62(75)66-49(4)61(74)68-53(60(65)73)46-47-55(70)77-7)58(72)54(80-64)48-78-56(71)45-42-39-36-33-28-25-22-19-16-13-10-3/h49-50,52-54,57-59,64,72H,8-48H2,1-7H3,(H2,65,73)(H,66,75)(H,67,69)(H,68,74)/t49-,50?,53+,54+,57+,58+,59-,64+/m0/s1. The monoisotopic (exact) mass is 1150 g/mol. The summed E-state index contributed by atoms with van der Waals surface area (Å²) in [6.45, 7) is 10.3. The summed E-state index contributed by atoms with van der Waals surface area (Å²) in [6.07, 6.45) is 34.8. The Kier molecular flexibility index (Phi) is 46.0. The van der Waals surface area contributed by atoms with Gasteiger partial charge in [-0.25, -0.2) is 0 Å². The summed E-state index contributed by atoms with van der Waals surface area (Å²) in [5.41, 5.74) is 5.48. The Balaban J connectivity index is 3.27. The summed E-state index contributed by atoms with van der Waals surface area (Å²) in [5, 5.41) is 19.7. The van der Waals surface area contributed by atoms with Crippen molar-refractivity contribution >= 4 is 41.5 Å². The molecule has 472 valence electrons. The Morgan fingerprint density at radius 2 is 0.963 bits per heavy atom. The van der Waals surface area contributed by atoms with E-state index in [0.29, 0.717) is 19.3 Å². The fraction of sp³-hybridized carbons (Fsp3) is 0.891. The highest BCUT2D eigenvalue weighted by Gasteiger charge is 2.50. The van der Waals surface area contributed by atoms with Crippen molar-refractivity contribution in [1.29, 1.82) is 0 Å². The molecule has 0 aliphatic carbocycles. The number of nitrogens with two attached hydrogens (primary N) is 1. The number of rotatable bonds is 53. The van der Waals surface area contributed by atoms with E-state index in [2.05, 4.69) is 41.5 Å². The average molecular weight is 1150 g/mol.